The Balaban J connectivity index is 1.67. The van der Waals surface area contributed by atoms with Crippen LogP contribution in [0.15, 0.2) is 36.4 Å². The Kier molecular flexibility index (Phi) is 6.65. The van der Waals surface area contributed by atoms with Gasteiger partial charge in [-0.3, -0.25) is 0 Å². The smallest absolute Gasteiger partial charge is 0.263 e. The van der Waals surface area contributed by atoms with Crippen LogP contribution in [-0.4, -0.2) is 27.3 Å². The first-order valence-corrected chi connectivity index (χ1v) is 9.22. The van der Waals surface area contributed by atoms with Gasteiger partial charge in [-0.2, -0.15) is 4.80 Å². The number of benzene rings is 2. The van der Waals surface area contributed by atoms with E-state index in [1.165, 1.54) is 12.1 Å². The number of halogens is 2. The summed E-state index contributed by atoms with van der Waals surface area (Å²) in [5, 5.41) is 15.7. The van der Waals surface area contributed by atoms with Crippen molar-refractivity contribution in [3.63, 3.8) is 0 Å². The normalized spacial score (nSPS) is 10.7. The third kappa shape index (κ3) is 5.10. The van der Waals surface area contributed by atoms with Crippen molar-refractivity contribution < 1.29 is 13.9 Å². The van der Waals surface area contributed by atoms with E-state index in [0.29, 0.717) is 35.6 Å². The minimum Gasteiger partial charge on any atom is -0.493 e. The molecule has 9 heteroatoms. The standard InChI is InChI=1S/C19H21ClFN5O2/c1-3-8-26-24-19(23-25-26)22-11-14-9-16(20)18(17(10-14)27-2)28-12-13-4-6-15(21)7-5-13/h4-7,9-10H,3,8,11-12H2,1-2H3,(H,22,24). The van der Waals surface area contributed by atoms with E-state index in [4.69, 9.17) is 21.1 Å². The lowest BCUT2D eigenvalue weighted by atomic mass is 10.2. The molecule has 0 saturated heterocycles. The Morgan fingerprint density at radius 1 is 1.18 bits per heavy atom. The first kappa shape index (κ1) is 19.9. The van der Waals surface area contributed by atoms with Crippen LogP contribution in [0.3, 0.4) is 0 Å². The second-order valence-electron chi connectivity index (χ2n) is 6.09. The highest BCUT2D eigenvalue weighted by atomic mass is 35.5. The fourth-order valence-electron chi connectivity index (χ4n) is 2.54. The van der Waals surface area contributed by atoms with E-state index in [2.05, 4.69) is 20.7 Å². The fourth-order valence-corrected chi connectivity index (χ4v) is 2.83. The summed E-state index contributed by atoms with van der Waals surface area (Å²) >= 11 is 6.39. The molecule has 1 aromatic heterocycles. The molecule has 7 nitrogen and oxygen atoms in total. The highest BCUT2D eigenvalue weighted by molar-refractivity contribution is 6.32. The van der Waals surface area contributed by atoms with Crippen molar-refractivity contribution in [2.45, 2.75) is 33.0 Å². The summed E-state index contributed by atoms with van der Waals surface area (Å²) in [4.78, 5) is 1.54. The summed E-state index contributed by atoms with van der Waals surface area (Å²) < 4.78 is 24.2. The summed E-state index contributed by atoms with van der Waals surface area (Å²) in [6.45, 7) is 3.46. The molecular formula is C19H21ClFN5O2. The fraction of sp³-hybridized carbons (Fsp3) is 0.316. The third-order valence-corrected chi connectivity index (χ3v) is 4.19. The lowest BCUT2D eigenvalue weighted by molar-refractivity contribution is 0.284. The number of hydrogen-bond donors (Lipinski definition) is 1. The Bertz CT molecular complexity index is 917. The van der Waals surface area contributed by atoms with Crippen LogP contribution in [-0.2, 0) is 19.7 Å². The first-order valence-electron chi connectivity index (χ1n) is 8.84. The molecule has 0 unspecified atom stereocenters. The van der Waals surface area contributed by atoms with Crippen molar-refractivity contribution in [2.24, 2.45) is 0 Å². The molecule has 0 aliphatic heterocycles. The van der Waals surface area contributed by atoms with Gasteiger partial charge in [-0.25, -0.2) is 4.39 Å². The van der Waals surface area contributed by atoms with E-state index in [-0.39, 0.29) is 12.4 Å². The predicted octanol–water partition coefficient (Wildman–Crippen LogP) is 4.08. The van der Waals surface area contributed by atoms with Gasteiger partial charge in [0.2, 0.25) is 0 Å². The monoisotopic (exact) mass is 405 g/mol. The molecule has 0 radical (unpaired) electrons. The molecule has 1 N–H and O–H groups in total. The summed E-state index contributed by atoms with van der Waals surface area (Å²) in [5.74, 6) is 1.10. The van der Waals surface area contributed by atoms with Crippen LogP contribution in [0.2, 0.25) is 5.02 Å². The molecule has 0 aliphatic rings. The maximum atomic E-state index is 13.0. The van der Waals surface area contributed by atoms with E-state index in [1.807, 2.05) is 13.0 Å². The van der Waals surface area contributed by atoms with Gasteiger partial charge < -0.3 is 14.8 Å². The second-order valence-corrected chi connectivity index (χ2v) is 6.49. The molecule has 3 aromatic rings. The minimum atomic E-state index is -0.291. The van der Waals surface area contributed by atoms with Crippen molar-refractivity contribution in [3.05, 3.63) is 58.4 Å². The van der Waals surface area contributed by atoms with Gasteiger partial charge in [0.15, 0.2) is 11.5 Å². The van der Waals surface area contributed by atoms with Crippen LogP contribution < -0.4 is 14.8 Å². The zero-order valence-corrected chi connectivity index (χ0v) is 16.4. The van der Waals surface area contributed by atoms with Crippen LogP contribution >= 0.6 is 11.6 Å². The SMILES string of the molecule is CCCn1nnc(NCc2cc(Cl)c(OCc3ccc(F)cc3)c(OC)c2)n1. The number of nitrogens with zero attached hydrogens (tertiary/aromatic N) is 4. The number of anilines is 1. The topological polar surface area (TPSA) is 74.1 Å². The van der Waals surface area contributed by atoms with Gasteiger partial charge >= 0.3 is 0 Å². The van der Waals surface area contributed by atoms with Crippen LogP contribution in [0.5, 0.6) is 11.5 Å². The quantitative estimate of drug-likeness (QED) is 0.578. The first-order chi connectivity index (χ1) is 13.6. The maximum absolute atomic E-state index is 13.0. The van der Waals surface area contributed by atoms with Crippen LogP contribution in [0.1, 0.15) is 24.5 Å². The number of aromatic nitrogens is 4. The Morgan fingerprint density at radius 2 is 1.96 bits per heavy atom. The third-order valence-electron chi connectivity index (χ3n) is 3.91. The molecule has 2 aromatic carbocycles. The van der Waals surface area contributed by atoms with E-state index >= 15 is 0 Å². The van der Waals surface area contributed by atoms with Crippen LogP contribution in [0, 0.1) is 5.82 Å². The summed E-state index contributed by atoms with van der Waals surface area (Å²) in [6, 6.07) is 9.70. The molecular weight excluding hydrogens is 385 g/mol. The lowest BCUT2D eigenvalue weighted by Gasteiger charge is -2.14. The Morgan fingerprint density at radius 3 is 2.68 bits per heavy atom. The number of hydrogen-bond acceptors (Lipinski definition) is 6. The minimum absolute atomic E-state index is 0.248. The highest BCUT2D eigenvalue weighted by Crippen LogP contribution is 2.37. The number of nitrogens with one attached hydrogen (secondary N) is 1. The molecule has 3 rings (SSSR count). The van der Waals surface area contributed by atoms with Gasteiger partial charge in [-0.1, -0.05) is 35.8 Å². The summed E-state index contributed by atoms with van der Waals surface area (Å²) in [6.07, 6.45) is 0.933. The number of rotatable bonds is 9. The molecule has 0 fully saturated rings. The van der Waals surface area contributed by atoms with Crippen molar-refractivity contribution in [1.29, 1.82) is 0 Å². The molecule has 0 bridgehead atoms. The molecule has 0 amide bonds. The molecule has 0 saturated carbocycles. The van der Waals surface area contributed by atoms with Gasteiger partial charge in [-0.05, 0) is 47.0 Å². The van der Waals surface area contributed by atoms with E-state index in [9.17, 15) is 4.39 Å². The average molecular weight is 406 g/mol. The van der Waals surface area contributed by atoms with Crippen LogP contribution in [0.4, 0.5) is 10.3 Å². The Hall–Kier alpha value is -2.87. The van der Waals surface area contributed by atoms with Gasteiger partial charge in [0.1, 0.15) is 12.4 Å². The van der Waals surface area contributed by atoms with Crippen molar-refractivity contribution in [3.8, 4) is 11.5 Å². The van der Waals surface area contributed by atoms with Crippen LogP contribution in [0.25, 0.3) is 0 Å². The average Bonchev–Trinajstić information content (AvgIpc) is 3.14. The van der Waals surface area contributed by atoms with E-state index in [1.54, 1.807) is 30.1 Å². The predicted molar refractivity (Wildman–Crippen MR) is 104 cm³/mol. The van der Waals surface area contributed by atoms with Gasteiger partial charge in [-0.15, -0.1) is 5.10 Å². The zero-order valence-electron chi connectivity index (χ0n) is 15.7. The number of ether oxygens (including phenoxy) is 2. The number of aryl methyl sites for hydroxylation is 1. The second kappa shape index (κ2) is 9.36. The van der Waals surface area contributed by atoms with Gasteiger partial charge in [0, 0.05) is 6.54 Å². The van der Waals surface area contributed by atoms with E-state index < -0.39 is 0 Å². The molecule has 0 spiro atoms. The number of tetrazole rings is 1. The highest BCUT2D eigenvalue weighted by Gasteiger charge is 2.13. The largest absolute Gasteiger partial charge is 0.493 e. The molecule has 0 atom stereocenters. The number of methoxy groups -OCH3 is 1. The molecule has 1 heterocycles. The zero-order chi connectivity index (χ0) is 19.9. The van der Waals surface area contributed by atoms with Gasteiger partial charge in [0.25, 0.3) is 5.95 Å². The molecule has 28 heavy (non-hydrogen) atoms. The van der Waals surface area contributed by atoms with Crippen molar-refractivity contribution in [1.82, 2.24) is 20.2 Å². The summed E-state index contributed by atoms with van der Waals surface area (Å²) in [5.41, 5.74) is 1.70. The van der Waals surface area contributed by atoms with Gasteiger partial charge in [0.05, 0.1) is 18.7 Å². The molecule has 0 aliphatic carbocycles. The lowest BCUT2D eigenvalue weighted by Crippen LogP contribution is -2.05. The Labute approximate surface area is 167 Å². The van der Waals surface area contributed by atoms with Crippen molar-refractivity contribution >= 4 is 17.5 Å². The van der Waals surface area contributed by atoms with Crippen molar-refractivity contribution in [2.75, 3.05) is 12.4 Å². The van der Waals surface area contributed by atoms with E-state index in [0.717, 1.165) is 17.5 Å². The molecule has 148 valence electrons. The summed E-state index contributed by atoms with van der Waals surface area (Å²) in [7, 11) is 1.55. The maximum Gasteiger partial charge on any atom is 0.263 e.